The van der Waals surface area contributed by atoms with Gasteiger partial charge in [0, 0.05) is 23.4 Å². The number of nitrogens with one attached hydrogen (secondary N) is 1. The molecule has 1 aliphatic heterocycles. The Bertz CT molecular complexity index is 892. The number of aryl methyl sites for hydroxylation is 1. The maximum atomic E-state index is 12.9. The van der Waals surface area contributed by atoms with Crippen LogP contribution in [0.3, 0.4) is 0 Å². The number of benzene rings is 1. The first-order valence-electron chi connectivity index (χ1n) is 10.5. The monoisotopic (exact) mass is 435 g/mol. The summed E-state index contributed by atoms with van der Waals surface area (Å²) in [6.45, 7) is 5.85. The summed E-state index contributed by atoms with van der Waals surface area (Å²) in [6, 6.07) is 7.46. The van der Waals surface area contributed by atoms with Crippen LogP contribution < -0.4 is 5.32 Å². The number of aromatic nitrogens is 1. The van der Waals surface area contributed by atoms with Crippen LogP contribution in [0.25, 0.3) is 11.3 Å². The minimum Gasteiger partial charge on any atom is -0.391 e. The smallest absolute Gasteiger partial charge is 0.391 e. The summed E-state index contributed by atoms with van der Waals surface area (Å²) >= 11 is 0. The van der Waals surface area contributed by atoms with Crippen LogP contribution in [0.1, 0.15) is 47.8 Å². The second-order valence-corrected chi connectivity index (χ2v) is 8.14. The third kappa shape index (κ3) is 6.27. The van der Waals surface area contributed by atoms with Gasteiger partial charge in [-0.05, 0) is 64.0 Å². The highest BCUT2D eigenvalue weighted by atomic mass is 19.4. The third-order valence-electron chi connectivity index (χ3n) is 5.53. The number of piperidine rings is 1. The number of halogens is 3. The molecule has 2 atom stereocenters. The first-order chi connectivity index (χ1) is 14.6. The van der Waals surface area contributed by atoms with Crippen molar-refractivity contribution in [1.29, 1.82) is 0 Å². The van der Waals surface area contributed by atoms with E-state index in [1.54, 1.807) is 26.0 Å². The maximum absolute atomic E-state index is 12.9. The average Bonchev–Trinajstić information content (AvgIpc) is 2.73. The van der Waals surface area contributed by atoms with E-state index >= 15 is 0 Å². The summed E-state index contributed by atoms with van der Waals surface area (Å²) in [7, 11) is 0. The predicted octanol–water partition coefficient (Wildman–Crippen LogP) is 4.04. The summed E-state index contributed by atoms with van der Waals surface area (Å²) in [5.41, 5.74) is 1.10. The van der Waals surface area contributed by atoms with Crippen LogP contribution in [0.15, 0.2) is 36.4 Å². The van der Waals surface area contributed by atoms with Gasteiger partial charge in [0.15, 0.2) is 0 Å². The van der Waals surface area contributed by atoms with Crippen molar-refractivity contribution in [3.05, 3.63) is 53.2 Å². The van der Waals surface area contributed by atoms with Crippen molar-refractivity contribution in [2.24, 2.45) is 0 Å². The zero-order chi connectivity index (χ0) is 22.6. The highest BCUT2D eigenvalue weighted by molar-refractivity contribution is 5.95. The molecule has 1 aromatic heterocycles. The van der Waals surface area contributed by atoms with Crippen molar-refractivity contribution in [2.75, 3.05) is 19.6 Å². The molecule has 0 bridgehead atoms. The van der Waals surface area contributed by atoms with Crippen LogP contribution in [0.5, 0.6) is 0 Å². The number of aliphatic hydroxyl groups excluding tert-OH is 1. The Balaban J connectivity index is 1.77. The number of hydrogen-bond acceptors (Lipinski definition) is 4. The molecular weight excluding hydrogens is 407 g/mol. The zero-order valence-electron chi connectivity index (χ0n) is 17.7. The van der Waals surface area contributed by atoms with Crippen molar-refractivity contribution in [1.82, 2.24) is 15.2 Å². The van der Waals surface area contributed by atoms with Gasteiger partial charge in [-0.1, -0.05) is 18.6 Å². The first kappa shape index (κ1) is 23.2. The number of pyridine rings is 1. The van der Waals surface area contributed by atoms with Crippen molar-refractivity contribution < 1.29 is 23.1 Å². The van der Waals surface area contributed by atoms with Crippen LogP contribution in [-0.2, 0) is 6.18 Å². The van der Waals surface area contributed by atoms with E-state index in [4.69, 9.17) is 0 Å². The first-order valence-corrected chi connectivity index (χ1v) is 10.5. The van der Waals surface area contributed by atoms with E-state index in [-0.39, 0.29) is 5.91 Å². The molecule has 0 spiro atoms. The number of hydrogen-bond donors (Lipinski definition) is 2. The van der Waals surface area contributed by atoms with Crippen LogP contribution in [-0.4, -0.2) is 52.7 Å². The summed E-state index contributed by atoms with van der Waals surface area (Å²) in [5.74, 6) is -0.346. The third-order valence-corrected chi connectivity index (χ3v) is 5.53. The molecule has 8 heteroatoms. The van der Waals surface area contributed by atoms with Crippen LogP contribution in [0.2, 0.25) is 0 Å². The van der Waals surface area contributed by atoms with Gasteiger partial charge < -0.3 is 15.3 Å². The summed E-state index contributed by atoms with van der Waals surface area (Å²) in [6.07, 6.45) is -1.71. The normalized spacial score (nSPS) is 17.2. The highest BCUT2D eigenvalue weighted by Crippen LogP contribution is 2.30. The van der Waals surface area contributed by atoms with Gasteiger partial charge in [-0.2, -0.15) is 13.2 Å². The number of likely N-dealkylation sites (tertiary alicyclic amines) is 1. The summed E-state index contributed by atoms with van der Waals surface area (Å²) in [5, 5.41) is 13.1. The van der Waals surface area contributed by atoms with Gasteiger partial charge in [-0.25, -0.2) is 0 Å². The molecule has 2 N–H and O–H groups in total. The SMILES string of the molecule is Cc1cc(C(=O)N[C@H](CN2CCCCC2)C(C)O)cc(-c2ccc(C(F)(F)F)cc2)n1. The molecule has 1 fully saturated rings. The van der Waals surface area contributed by atoms with Crippen molar-refractivity contribution in [3.63, 3.8) is 0 Å². The molecule has 0 aliphatic carbocycles. The molecule has 1 saturated heterocycles. The van der Waals surface area contributed by atoms with E-state index in [0.717, 1.165) is 38.1 Å². The largest absolute Gasteiger partial charge is 0.416 e. The van der Waals surface area contributed by atoms with Gasteiger partial charge in [0.2, 0.25) is 0 Å². The lowest BCUT2D eigenvalue weighted by atomic mass is 10.0. The molecule has 1 unspecified atom stereocenters. The Kier molecular flexibility index (Phi) is 7.33. The Morgan fingerprint density at radius 3 is 2.39 bits per heavy atom. The Morgan fingerprint density at radius 1 is 1.16 bits per heavy atom. The number of amides is 1. The molecule has 2 heterocycles. The number of aliphatic hydroxyl groups is 1. The quantitative estimate of drug-likeness (QED) is 0.719. The molecule has 31 heavy (non-hydrogen) atoms. The lowest BCUT2D eigenvalue weighted by molar-refractivity contribution is -0.137. The topological polar surface area (TPSA) is 65.5 Å². The lowest BCUT2D eigenvalue weighted by Gasteiger charge is -2.32. The van der Waals surface area contributed by atoms with Crippen LogP contribution in [0, 0.1) is 6.92 Å². The van der Waals surface area contributed by atoms with Gasteiger partial charge in [-0.15, -0.1) is 0 Å². The van der Waals surface area contributed by atoms with E-state index < -0.39 is 23.9 Å². The average molecular weight is 435 g/mol. The van der Waals surface area contributed by atoms with Crippen molar-refractivity contribution in [2.45, 2.75) is 51.4 Å². The van der Waals surface area contributed by atoms with E-state index in [9.17, 15) is 23.1 Å². The Hall–Kier alpha value is -2.45. The number of carbonyl (C=O) groups is 1. The summed E-state index contributed by atoms with van der Waals surface area (Å²) in [4.78, 5) is 19.5. The fourth-order valence-corrected chi connectivity index (χ4v) is 3.77. The Morgan fingerprint density at radius 2 is 1.81 bits per heavy atom. The van der Waals surface area contributed by atoms with Crippen molar-refractivity contribution >= 4 is 5.91 Å². The summed E-state index contributed by atoms with van der Waals surface area (Å²) < 4.78 is 38.5. The second kappa shape index (κ2) is 9.78. The minimum absolute atomic E-state index is 0.346. The standard InChI is InChI=1S/C23H28F3N3O2/c1-15-12-18(13-20(27-15)17-6-8-19(9-7-17)23(24,25)26)22(31)28-21(16(2)30)14-29-10-4-3-5-11-29/h6-9,12-13,16,21,30H,3-5,10-11,14H2,1-2H3,(H,28,31)/t16?,21-/m1/s1. The van der Waals surface area contributed by atoms with E-state index in [2.05, 4.69) is 15.2 Å². The van der Waals surface area contributed by atoms with Gasteiger partial charge in [0.1, 0.15) is 0 Å². The second-order valence-electron chi connectivity index (χ2n) is 8.14. The van der Waals surface area contributed by atoms with Gasteiger partial charge in [0.25, 0.3) is 5.91 Å². The van der Waals surface area contributed by atoms with Crippen LogP contribution >= 0.6 is 0 Å². The molecule has 168 valence electrons. The molecule has 1 aliphatic rings. The molecular formula is C23H28F3N3O2. The molecule has 2 aromatic rings. The molecule has 1 aromatic carbocycles. The van der Waals surface area contributed by atoms with Crippen molar-refractivity contribution in [3.8, 4) is 11.3 Å². The zero-order valence-corrected chi connectivity index (χ0v) is 17.7. The minimum atomic E-state index is -4.41. The lowest BCUT2D eigenvalue weighted by Crippen LogP contribution is -2.50. The Labute approximate surface area is 180 Å². The number of rotatable bonds is 6. The fraction of sp³-hybridized carbons (Fsp3) is 0.478. The van der Waals surface area contributed by atoms with E-state index in [1.807, 2.05) is 0 Å². The van der Waals surface area contributed by atoms with E-state index in [1.165, 1.54) is 18.6 Å². The molecule has 3 rings (SSSR count). The van der Waals surface area contributed by atoms with Gasteiger partial charge in [0.05, 0.1) is 23.4 Å². The number of nitrogens with zero attached hydrogens (tertiary/aromatic N) is 2. The molecule has 0 saturated carbocycles. The highest BCUT2D eigenvalue weighted by Gasteiger charge is 2.30. The van der Waals surface area contributed by atoms with Crippen LogP contribution in [0.4, 0.5) is 13.2 Å². The van der Waals surface area contributed by atoms with Gasteiger partial charge in [-0.3, -0.25) is 9.78 Å². The predicted molar refractivity (Wildman–Crippen MR) is 113 cm³/mol. The molecule has 5 nitrogen and oxygen atoms in total. The number of alkyl halides is 3. The fourth-order valence-electron chi connectivity index (χ4n) is 3.77. The van der Waals surface area contributed by atoms with Gasteiger partial charge >= 0.3 is 6.18 Å². The maximum Gasteiger partial charge on any atom is 0.416 e. The number of carbonyl (C=O) groups excluding carboxylic acids is 1. The van der Waals surface area contributed by atoms with E-state index in [0.29, 0.717) is 29.1 Å². The molecule has 1 amide bonds. The molecule has 0 radical (unpaired) electrons.